The highest BCUT2D eigenvalue weighted by Gasteiger charge is 2.05. The van der Waals surface area contributed by atoms with Crippen LogP contribution >= 0.6 is 28.1 Å². The fourth-order valence-corrected chi connectivity index (χ4v) is 1.82. The summed E-state index contributed by atoms with van der Waals surface area (Å²) >= 11 is 7.83. The standard InChI is InChI=1S/C8H4BrFN2OS/c9-3-1-4-6(5(10)2-3)11-8(14)12-7(4)13/h1-2H,(H2,11,12,13,14). The van der Waals surface area contributed by atoms with E-state index in [1.807, 2.05) is 0 Å². The van der Waals surface area contributed by atoms with Crippen LogP contribution in [0.4, 0.5) is 4.39 Å². The van der Waals surface area contributed by atoms with E-state index < -0.39 is 11.4 Å². The van der Waals surface area contributed by atoms with Gasteiger partial charge in [0.2, 0.25) is 0 Å². The average Bonchev–Trinajstić information content (AvgIpc) is 2.07. The number of fused-ring (bicyclic) bond motifs is 1. The molecule has 0 aliphatic heterocycles. The van der Waals surface area contributed by atoms with Crippen molar-refractivity contribution in [2.75, 3.05) is 0 Å². The van der Waals surface area contributed by atoms with E-state index in [1.54, 1.807) is 0 Å². The fourth-order valence-electron chi connectivity index (χ4n) is 1.19. The summed E-state index contributed by atoms with van der Waals surface area (Å²) in [4.78, 5) is 16.3. The molecule has 2 N–H and O–H groups in total. The van der Waals surface area contributed by atoms with Crippen LogP contribution in [-0.4, -0.2) is 9.97 Å². The van der Waals surface area contributed by atoms with E-state index in [0.717, 1.165) is 0 Å². The second kappa shape index (κ2) is 3.29. The Morgan fingerprint density at radius 3 is 2.79 bits per heavy atom. The van der Waals surface area contributed by atoms with Crippen molar-refractivity contribution in [1.82, 2.24) is 9.97 Å². The fraction of sp³-hybridized carbons (Fsp3) is 0. The minimum atomic E-state index is -0.508. The predicted octanol–water partition coefficient (Wildman–Crippen LogP) is 2.49. The molecule has 2 aromatic rings. The Hall–Kier alpha value is -1.01. The van der Waals surface area contributed by atoms with Crippen molar-refractivity contribution in [3.05, 3.63) is 37.5 Å². The molecular weight excluding hydrogens is 271 g/mol. The highest BCUT2D eigenvalue weighted by Crippen LogP contribution is 2.18. The van der Waals surface area contributed by atoms with Crippen LogP contribution in [-0.2, 0) is 0 Å². The number of H-pyrrole nitrogens is 2. The van der Waals surface area contributed by atoms with Crippen molar-refractivity contribution in [3.63, 3.8) is 0 Å². The third kappa shape index (κ3) is 1.51. The summed E-state index contributed by atoms with van der Waals surface area (Å²) in [6.07, 6.45) is 0. The molecule has 72 valence electrons. The first kappa shape index (κ1) is 9.54. The molecule has 1 aromatic heterocycles. The van der Waals surface area contributed by atoms with Gasteiger partial charge in [0, 0.05) is 4.47 Å². The summed E-state index contributed by atoms with van der Waals surface area (Å²) in [6.45, 7) is 0. The lowest BCUT2D eigenvalue weighted by Crippen LogP contribution is -2.08. The molecule has 0 unspecified atom stereocenters. The molecule has 0 saturated carbocycles. The maximum absolute atomic E-state index is 13.3. The number of hydrogen-bond acceptors (Lipinski definition) is 2. The monoisotopic (exact) mass is 274 g/mol. The van der Waals surface area contributed by atoms with E-state index in [9.17, 15) is 9.18 Å². The van der Waals surface area contributed by atoms with Crippen molar-refractivity contribution >= 4 is 39.1 Å². The molecule has 0 saturated heterocycles. The second-order valence-corrected chi connectivity index (χ2v) is 4.04. The van der Waals surface area contributed by atoms with Gasteiger partial charge in [0.25, 0.3) is 5.56 Å². The van der Waals surface area contributed by atoms with Gasteiger partial charge in [0.1, 0.15) is 5.82 Å². The van der Waals surface area contributed by atoms with Crippen LogP contribution in [0.3, 0.4) is 0 Å². The molecule has 1 aromatic carbocycles. The Labute approximate surface area is 91.1 Å². The molecule has 0 spiro atoms. The highest BCUT2D eigenvalue weighted by molar-refractivity contribution is 9.10. The normalized spacial score (nSPS) is 10.7. The molecule has 0 atom stereocenters. The van der Waals surface area contributed by atoms with Gasteiger partial charge in [-0.3, -0.25) is 9.78 Å². The zero-order valence-corrected chi connectivity index (χ0v) is 9.13. The maximum Gasteiger partial charge on any atom is 0.259 e. The van der Waals surface area contributed by atoms with Gasteiger partial charge in [-0.1, -0.05) is 15.9 Å². The Balaban J connectivity index is 3.10. The Morgan fingerprint density at radius 2 is 2.07 bits per heavy atom. The Bertz CT molecular complexity index is 619. The van der Waals surface area contributed by atoms with Crippen LogP contribution in [0.5, 0.6) is 0 Å². The molecular formula is C8H4BrFN2OS. The van der Waals surface area contributed by atoms with E-state index in [4.69, 9.17) is 12.2 Å². The van der Waals surface area contributed by atoms with Gasteiger partial charge < -0.3 is 4.98 Å². The lowest BCUT2D eigenvalue weighted by atomic mass is 10.2. The molecule has 3 nitrogen and oxygen atoms in total. The smallest absolute Gasteiger partial charge is 0.259 e. The van der Waals surface area contributed by atoms with E-state index >= 15 is 0 Å². The lowest BCUT2D eigenvalue weighted by Gasteiger charge is -1.99. The number of nitrogens with one attached hydrogen (secondary N) is 2. The van der Waals surface area contributed by atoms with Gasteiger partial charge in [-0.05, 0) is 24.4 Å². The SMILES string of the molecule is O=c1[nH]c(=S)[nH]c2c(F)cc(Br)cc12. The van der Waals surface area contributed by atoms with Crippen LogP contribution in [0.2, 0.25) is 0 Å². The zero-order valence-electron chi connectivity index (χ0n) is 6.73. The van der Waals surface area contributed by atoms with Crippen LogP contribution in [0, 0.1) is 10.6 Å². The quantitative estimate of drug-likeness (QED) is 0.726. The summed E-state index contributed by atoms with van der Waals surface area (Å²) in [7, 11) is 0. The molecule has 0 aliphatic rings. The number of hydrogen-bond donors (Lipinski definition) is 2. The molecule has 2 rings (SSSR count). The molecule has 6 heteroatoms. The number of aromatic nitrogens is 2. The van der Waals surface area contributed by atoms with Gasteiger partial charge in [-0.25, -0.2) is 4.39 Å². The van der Waals surface area contributed by atoms with E-state index in [1.165, 1.54) is 12.1 Å². The van der Waals surface area contributed by atoms with Crippen LogP contribution in [0.1, 0.15) is 0 Å². The summed E-state index contributed by atoms with van der Waals surface area (Å²) in [6, 6.07) is 2.80. The van der Waals surface area contributed by atoms with E-state index in [2.05, 4.69) is 25.9 Å². The van der Waals surface area contributed by atoms with Gasteiger partial charge >= 0.3 is 0 Å². The first-order chi connectivity index (χ1) is 6.58. The van der Waals surface area contributed by atoms with E-state index in [0.29, 0.717) is 4.47 Å². The highest BCUT2D eigenvalue weighted by atomic mass is 79.9. The lowest BCUT2D eigenvalue weighted by molar-refractivity contribution is 0.635. The van der Waals surface area contributed by atoms with Crippen LogP contribution in [0.25, 0.3) is 10.9 Å². The first-order valence-electron chi connectivity index (χ1n) is 3.69. The van der Waals surface area contributed by atoms with Crippen LogP contribution in [0.15, 0.2) is 21.4 Å². The molecule has 0 radical (unpaired) electrons. The van der Waals surface area contributed by atoms with Crippen molar-refractivity contribution < 1.29 is 4.39 Å². The first-order valence-corrected chi connectivity index (χ1v) is 4.89. The third-order valence-corrected chi connectivity index (χ3v) is 2.43. The summed E-state index contributed by atoms with van der Waals surface area (Å²) < 4.78 is 14.0. The molecule has 0 aliphatic carbocycles. The molecule has 0 amide bonds. The Morgan fingerprint density at radius 1 is 1.36 bits per heavy atom. The maximum atomic E-state index is 13.3. The minimum Gasteiger partial charge on any atom is -0.329 e. The van der Waals surface area contributed by atoms with Crippen molar-refractivity contribution in [3.8, 4) is 0 Å². The van der Waals surface area contributed by atoms with E-state index in [-0.39, 0.29) is 15.7 Å². The number of rotatable bonds is 0. The number of halogens is 2. The minimum absolute atomic E-state index is 0.115. The van der Waals surface area contributed by atoms with Crippen molar-refractivity contribution in [2.45, 2.75) is 0 Å². The predicted molar refractivity (Wildman–Crippen MR) is 57.4 cm³/mol. The third-order valence-electron chi connectivity index (χ3n) is 1.77. The zero-order chi connectivity index (χ0) is 10.3. The van der Waals surface area contributed by atoms with Gasteiger partial charge in [-0.2, -0.15) is 0 Å². The topological polar surface area (TPSA) is 48.6 Å². The van der Waals surface area contributed by atoms with Crippen molar-refractivity contribution in [2.24, 2.45) is 0 Å². The van der Waals surface area contributed by atoms with Gasteiger partial charge in [0.05, 0.1) is 10.9 Å². The Kier molecular flexibility index (Phi) is 2.24. The van der Waals surface area contributed by atoms with Gasteiger partial charge in [0.15, 0.2) is 4.77 Å². The molecule has 0 bridgehead atoms. The molecule has 0 fully saturated rings. The second-order valence-electron chi connectivity index (χ2n) is 2.72. The van der Waals surface area contributed by atoms with Gasteiger partial charge in [-0.15, -0.1) is 0 Å². The summed E-state index contributed by atoms with van der Waals surface area (Å²) in [5.74, 6) is -0.508. The largest absolute Gasteiger partial charge is 0.329 e. The van der Waals surface area contributed by atoms with Crippen molar-refractivity contribution in [1.29, 1.82) is 0 Å². The number of aromatic amines is 2. The summed E-state index contributed by atoms with van der Waals surface area (Å²) in [5, 5.41) is 0.241. The molecule has 1 heterocycles. The van der Waals surface area contributed by atoms with Crippen LogP contribution < -0.4 is 5.56 Å². The summed E-state index contributed by atoms with van der Waals surface area (Å²) in [5.41, 5.74) is -0.272. The average molecular weight is 275 g/mol. The number of benzene rings is 1. The molecule has 14 heavy (non-hydrogen) atoms.